The van der Waals surface area contributed by atoms with E-state index in [1.807, 2.05) is 39.0 Å². The largest absolute Gasteiger partial charge is 0.457 e. The summed E-state index contributed by atoms with van der Waals surface area (Å²) >= 11 is 10.1. The number of carbonyl (C=O) groups excluding carboxylic acids is 4. The minimum absolute atomic E-state index is 0.373. The second-order valence-corrected chi connectivity index (χ2v) is 17.6. The van der Waals surface area contributed by atoms with Gasteiger partial charge in [-0.1, -0.05) is 54.4 Å². The number of hydrogen-bond acceptors (Lipinski definition) is 8. The molecule has 0 aliphatic carbocycles. The summed E-state index contributed by atoms with van der Waals surface area (Å²) < 4.78 is 23.9. The quantitative estimate of drug-likeness (QED) is 0.154. The highest BCUT2D eigenvalue weighted by Crippen LogP contribution is 2.23. The topological polar surface area (TPSA) is 105 Å². The Balaban J connectivity index is 0.00000112. The zero-order valence-electron chi connectivity index (χ0n) is 31.6. The lowest BCUT2D eigenvalue weighted by molar-refractivity contribution is -0.149. The maximum absolute atomic E-state index is 12.0. The van der Waals surface area contributed by atoms with E-state index in [0.29, 0.717) is 16.7 Å². The molecule has 0 N–H and O–H groups in total. The Labute approximate surface area is 329 Å². The van der Waals surface area contributed by atoms with Crippen molar-refractivity contribution in [3.63, 3.8) is 0 Å². The van der Waals surface area contributed by atoms with Gasteiger partial charge in [-0.15, -0.1) is 0 Å². The first-order valence-corrected chi connectivity index (χ1v) is 18.3. The van der Waals surface area contributed by atoms with Crippen LogP contribution >= 0.6 is 47.8 Å². The molecule has 8 nitrogen and oxygen atoms in total. The molecule has 0 heterocycles. The molecular weight excluding hydrogens is 848 g/mol. The third-order valence-corrected chi connectivity index (χ3v) is 6.23. The van der Waals surface area contributed by atoms with Gasteiger partial charge in [0.25, 0.3) is 0 Å². The Morgan fingerprint density at radius 3 is 0.843 bits per heavy atom. The van der Waals surface area contributed by atoms with Crippen molar-refractivity contribution < 1.29 is 38.1 Å². The van der Waals surface area contributed by atoms with Crippen molar-refractivity contribution in [1.82, 2.24) is 0 Å². The molecule has 0 radical (unpaired) electrons. The molecule has 11 heteroatoms. The highest BCUT2D eigenvalue weighted by atomic mass is 79.9. The number of hydrogen-bond donors (Lipinski definition) is 0. The van der Waals surface area contributed by atoms with Crippen LogP contribution in [-0.4, -0.2) is 46.3 Å². The third kappa shape index (κ3) is 28.0. The lowest BCUT2D eigenvalue weighted by atomic mass is 10.0. The van der Waals surface area contributed by atoms with Crippen LogP contribution < -0.4 is 0 Å². The Morgan fingerprint density at radius 2 is 0.667 bits per heavy atom. The van der Waals surface area contributed by atoms with E-state index in [0.717, 1.165) is 19.5 Å². The molecule has 0 amide bonds. The standard InChI is InChI=1S/C27H36O6.C7H12O2.C6H3Br3/c1-25(2,3)31-22(28)13-10-19-16-20(11-14-23(29)32-26(4,5)6)18-21(17-19)12-15-24(30)33-27(7,8)9;1-5-6(8)9-7(2,3)4;7-4-1-5(8)3-6(9)2-4/h10-18H,1-9H3;5H,1H2,2-4H3;1-3H/b13-10-,14-11-,15-12?;;. The van der Waals surface area contributed by atoms with Gasteiger partial charge in [0.05, 0.1) is 0 Å². The summed E-state index contributed by atoms with van der Waals surface area (Å²) in [4.78, 5) is 46.6. The van der Waals surface area contributed by atoms with Crippen LogP contribution in [0.25, 0.3) is 18.2 Å². The summed E-state index contributed by atoms with van der Waals surface area (Å²) in [5, 5.41) is 0. The fraction of sp³-hybridized carbons (Fsp3) is 0.400. The summed E-state index contributed by atoms with van der Waals surface area (Å²) in [6.45, 7) is 24.8. The predicted octanol–water partition coefficient (Wildman–Crippen LogP) is 11.2. The fourth-order valence-electron chi connectivity index (χ4n) is 3.35. The van der Waals surface area contributed by atoms with E-state index in [1.165, 1.54) is 18.2 Å². The van der Waals surface area contributed by atoms with Crippen molar-refractivity contribution >= 4 is 89.9 Å². The summed E-state index contributed by atoms with van der Waals surface area (Å²) in [6.07, 6.45) is 10.0. The smallest absolute Gasteiger partial charge is 0.331 e. The lowest BCUT2D eigenvalue weighted by Crippen LogP contribution is -2.22. The van der Waals surface area contributed by atoms with Gasteiger partial charge in [-0.25, -0.2) is 19.2 Å². The molecule has 2 aromatic carbocycles. The zero-order valence-corrected chi connectivity index (χ0v) is 36.4. The highest BCUT2D eigenvalue weighted by Gasteiger charge is 2.16. The predicted molar refractivity (Wildman–Crippen MR) is 217 cm³/mol. The minimum atomic E-state index is -0.596. The minimum Gasteiger partial charge on any atom is -0.457 e. The molecule has 2 rings (SSSR count). The molecule has 0 aliphatic heterocycles. The van der Waals surface area contributed by atoms with Crippen LogP contribution in [0.3, 0.4) is 0 Å². The maximum Gasteiger partial charge on any atom is 0.331 e. The van der Waals surface area contributed by atoms with E-state index in [1.54, 1.807) is 98.7 Å². The molecule has 280 valence electrons. The van der Waals surface area contributed by atoms with Gasteiger partial charge in [-0.05, 0) is 154 Å². The number of halogens is 3. The van der Waals surface area contributed by atoms with Gasteiger partial charge in [-0.2, -0.15) is 0 Å². The Hall–Kier alpha value is -3.28. The van der Waals surface area contributed by atoms with Gasteiger partial charge in [0, 0.05) is 37.7 Å². The Bertz CT molecular complexity index is 1410. The van der Waals surface area contributed by atoms with Crippen molar-refractivity contribution in [1.29, 1.82) is 0 Å². The number of benzene rings is 2. The first-order chi connectivity index (χ1) is 23.1. The number of rotatable bonds is 7. The number of carbonyl (C=O) groups is 4. The lowest BCUT2D eigenvalue weighted by Gasteiger charge is -2.18. The molecule has 0 aromatic heterocycles. The first-order valence-electron chi connectivity index (χ1n) is 15.9. The highest BCUT2D eigenvalue weighted by molar-refractivity contribution is 9.11. The third-order valence-electron chi connectivity index (χ3n) is 4.86. The Kier molecular flexibility index (Phi) is 19.9. The van der Waals surface area contributed by atoms with Crippen LogP contribution in [0.5, 0.6) is 0 Å². The second-order valence-electron chi connectivity index (χ2n) is 14.9. The Morgan fingerprint density at radius 1 is 0.451 bits per heavy atom. The van der Waals surface area contributed by atoms with Crippen LogP contribution in [0, 0.1) is 0 Å². The van der Waals surface area contributed by atoms with Crippen molar-refractivity contribution in [2.24, 2.45) is 0 Å². The molecule has 0 saturated carbocycles. The summed E-state index contributed by atoms with van der Waals surface area (Å²) in [5.74, 6) is -1.78. The van der Waals surface area contributed by atoms with Gasteiger partial charge < -0.3 is 18.9 Å². The molecule has 0 saturated heterocycles. The molecule has 0 unspecified atom stereocenters. The van der Waals surface area contributed by atoms with E-state index >= 15 is 0 Å². The molecule has 0 atom stereocenters. The number of esters is 4. The fourth-order valence-corrected chi connectivity index (χ4v) is 5.76. The van der Waals surface area contributed by atoms with E-state index in [2.05, 4.69) is 54.4 Å². The first kappa shape index (κ1) is 47.7. The monoisotopic (exact) mass is 896 g/mol. The van der Waals surface area contributed by atoms with Gasteiger partial charge in [0.1, 0.15) is 22.4 Å². The van der Waals surface area contributed by atoms with Crippen LogP contribution in [0.4, 0.5) is 0 Å². The summed E-state index contributed by atoms with van der Waals surface area (Å²) in [5.41, 5.74) is -0.115. The van der Waals surface area contributed by atoms with Gasteiger partial charge >= 0.3 is 23.9 Å². The second kappa shape index (κ2) is 21.3. The van der Waals surface area contributed by atoms with Crippen LogP contribution in [-0.2, 0) is 38.1 Å². The SMILES string of the molecule is Brc1cc(Br)cc(Br)c1.C=CC(=O)OC(C)(C)C.CC(C)(C)OC(=O)C=Cc1cc(/C=C\C(=O)OC(C)(C)C)cc(/C=C\C(=O)OC(C)(C)C)c1. The van der Waals surface area contributed by atoms with Crippen molar-refractivity contribution in [3.05, 3.63) is 97.4 Å². The molecule has 0 fully saturated rings. The van der Waals surface area contributed by atoms with Gasteiger partial charge in [-0.3, -0.25) is 0 Å². The van der Waals surface area contributed by atoms with E-state index in [9.17, 15) is 19.2 Å². The van der Waals surface area contributed by atoms with Gasteiger partial charge in [0.15, 0.2) is 0 Å². The van der Waals surface area contributed by atoms with E-state index < -0.39 is 40.3 Å². The summed E-state index contributed by atoms with van der Waals surface area (Å²) in [7, 11) is 0. The molecule has 0 spiro atoms. The van der Waals surface area contributed by atoms with Crippen LogP contribution in [0.15, 0.2) is 80.7 Å². The van der Waals surface area contributed by atoms with Crippen molar-refractivity contribution in [2.75, 3.05) is 0 Å². The number of ether oxygens (including phenoxy) is 4. The van der Waals surface area contributed by atoms with E-state index in [4.69, 9.17) is 18.9 Å². The summed E-state index contributed by atoms with van der Waals surface area (Å²) in [6, 6.07) is 11.4. The van der Waals surface area contributed by atoms with Crippen molar-refractivity contribution in [2.45, 2.75) is 105 Å². The molecular formula is C40H51Br3O8. The molecule has 51 heavy (non-hydrogen) atoms. The zero-order chi connectivity index (χ0) is 39.8. The van der Waals surface area contributed by atoms with Crippen LogP contribution in [0.1, 0.15) is 99.8 Å². The normalized spacial score (nSPS) is 12.0. The molecule has 0 bridgehead atoms. The van der Waals surface area contributed by atoms with Crippen molar-refractivity contribution in [3.8, 4) is 0 Å². The van der Waals surface area contributed by atoms with Gasteiger partial charge in [0.2, 0.25) is 0 Å². The average molecular weight is 900 g/mol. The van der Waals surface area contributed by atoms with Crippen LogP contribution in [0.2, 0.25) is 0 Å². The van der Waals surface area contributed by atoms with E-state index in [-0.39, 0.29) is 5.97 Å². The molecule has 2 aromatic rings. The average Bonchev–Trinajstić information content (AvgIpc) is 2.90. The molecule has 0 aliphatic rings. The maximum atomic E-state index is 12.0.